The molecule has 0 saturated heterocycles. The molecule has 1 aromatic rings. The molecule has 114 valence electrons. The van der Waals surface area contributed by atoms with Gasteiger partial charge in [0.05, 0.1) is 19.3 Å². The first kappa shape index (κ1) is 17.2. The van der Waals surface area contributed by atoms with Crippen LogP contribution in [0, 0.1) is 6.92 Å². The molecule has 3 nitrogen and oxygen atoms in total. The zero-order chi connectivity index (χ0) is 15.0. The number of hydrogen-bond donors (Lipinski definition) is 1. The maximum absolute atomic E-state index is 5.98. The molecule has 0 spiro atoms. The number of ether oxygens (including phenoxy) is 2. The fourth-order valence-corrected chi connectivity index (χ4v) is 1.85. The minimum absolute atomic E-state index is 0.0651. The first-order chi connectivity index (χ1) is 9.42. The fraction of sp³-hybridized carbons (Fsp3) is 0.647. The molecule has 0 saturated carbocycles. The molecule has 0 radical (unpaired) electrons. The monoisotopic (exact) mass is 279 g/mol. The summed E-state index contributed by atoms with van der Waals surface area (Å²) in [6.07, 6.45) is 0.0651. The highest BCUT2D eigenvalue weighted by molar-refractivity contribution is 5.23. The largest absolute Gasteiger partial charge is 0.379 e. The Labute approximate surface area is 123 Å². The number of benzene rings is 1. The Kier molecular flexibility index (Phi) is 7.20. The Balaban J connectivity index is 2.60. The van der Waals surface area contributed by atoms with Crippen molar-refractivity contribution in [2.24, 2.45) is 0 Å². The summed E-state index contributed by atoms with van der Waals surface area (Å²) in [6.45, 7) is 13.4. The van der Waals surface area contributed by atoms with Crippen molar-refractivity contribution >= 4 is 0 Å². The molecule has 0 aliphatic rings. The third kappa shape index (κ3) is 7.04. The number of aryl methyl sites for hydroxylation is 1. The second-order valence-electron chi connectivity index (χ2n) is 6.10. The summed E-state index contributed by atoms with van der Waals surface area (Å²) in [4.78, 5) is 0. The van der Waals surface area contributed by atoms with E-state index in [4.69, 9.17) is 9.47 Å². The lowest BCUT2D eigenvalue weighted by Gasteiger charge is -2.26. The molecule has 20 heavy (non-hydrogen) atoms. The average molecular weight is 279 g/mol. The van der Waals surface area contributed by atoms with Gasteiger partial charge in [0.2, 0.25) is 0 Å². The first-order valence-corrected chi connectivity index (χ1v) is 7.43. The van der Waals surface area contributed by atoms with Crippen molar-refractivity contribution < 1.29 is 9.47 Å². The van der Waals surface area contributed by atoms with E-state index in [0.717, 1.165) is 13.2 Å². The molecule has 0 heterocycles. The Bertz CT molecular complexity index is 368. The van der Waals surface area contributed by atoms with Crippen LogP contribution in [0.4, 0.5) is 0 Å². The van der Waals surface area contributed by atoms with Crippen molar-refractivity contribution in [3.05, 3.63) is 35.4 Å². The van der Waals surface area contributed by atoms with Crippen molar-refractivity contribution in [3.8, 4) is 0 Å². The Morgan fingerprint density at radius 2 is 1.75 bits per heavy atom. The predicted molar refractivity (Wildman–Crippen MR) is 84.1 cm³/mol. The van der Waals surface area contributed by atoms with E-state index < -0.39 is 0 Å². The van der Waals surface area contributed by atoms with E-state index in [0.29, 0.717) is 13.2 Å². The molecular formula is C17H29NO2. The van der Waals surface area contributed by atoms with Gasteiger partial charge in [-0.1, -0.05) is 29.8 Å². The summed E-state index contributed by atoms with van der Waals surface area (Å²) in [5.41, 5.74) is 2.57. The SMILES string of the molecule is CCOCCOC(CNC(C)(C)C)c1ccc(C)cc1. The molecule has 3 heteroatoms. The predicted octanol–water partition coefficient (Wildman–Crippen LogP) is 3.48. The second-order valence-corrected chi connectivity index (χ2v) is 6.10. The molecular weight excluding hydrogens is 250 g/mol. The molecule has 1 N–H and O–H groups in total. The molecule has 0 amide bonds. The van der Waals surface area contributed by atoms with E-state index in [1.807, 2.05) is 6.92 Å². The van der Waals surface area contributed by atoms with Crippen LogP contribution in [0.5, 0.6) is 0 Å². The fourth-order valence-electron chi connectivity index (χ4n) is 1.85. The summed E-state index contributed by atoms with van der Waals surface area (Å²) in [5.74, 6) is 0. The first-order valence-electron chi connectivity index (χ1n) is 7.43. The summed E-state index contributed by atoms with van der Waals surface area (Å²) in [7, 11) is 0. The third-order valence-electron chi connectivity index (χ3n) is 3.02. The number of rotatable bonds is 8. The zero-order valence-electron chi connectivity index (χ0n) is 13.5. The topological polar surface area (TPSA) is 30.5 Å². The average Bonchev–Trinajstić information content (AvgIpc) is 2.38. The lowest BCUT2D eigenvalue weighted by Crippen LogP contribution is -2.39. The second kappa shape index (κ2) is 8.40. The van der Waals surface area contributed by atoms with Gasteiger partial charge in [-0.25, -0.2) is 0 Å². The van der Waals surface area contributed by atoms with Crippen LogP contribution in [0.2, 0.25) is 0 Å². The van der Waals surface area contributed by atoms with Crippen LogP contribution in [0.1, 0.15) is 44.9 Å². The summed E-state index contributed by atoms with van der Waals surface area (Å²) in [6, 6.07) is 8.55. The maximum Gasteiger partial charge on any atom is 0.0950 e. The van der Waals surface area contributed by atoms with Gasteiger partial charge < -0.3 is 14.8 Å². The van der Waals surface area contributed by atoms with Crippen LogP contribution in [-0.4, -0.2) is 31.9 Å². The van der Waals surface area contributed by atoms with E-state index in [2.05, 4.69) is 57.3 Å². The molecule has 0 bridgehead atoms. The van der Waals surface area contributed by atoms with E-state index >= 15 is 0 Å². The molecule has 1 rings (SSSR count). The quantitative estimate of drug-likeness (QED) is 0.739. The summed E-state index contributed by atoms with van der Waals surface area (Å²) >= 11 is 0. The van der Waals surface area contributed by atoms with Crippen molar-refractivity contribution in [2.75, 3.05) is 26.4 Å². The molecule has 0 aromatic heterocycles. The highest BCUT2D eigenvalue weighted by Crippen LogP contribution is 2.18. The summed E-state index contributed by atoms with van der Waals surface area (Å²) in [5, 5.41) is 3.51. The van der Waals surface area contributed by atoms with Crippen LogP contribution in [0.15, 0.2) is 24.3 Å². The van der Waals surface area contributed by atoms with Gasteiger partial charge in [-0.2, -0.15) is 0 Å². The van der Waals surface area contributed by atoms with E-state index in [1.54, 1.807) is 0 Å². The lowest BCUT2D eigenvalue weighted by atomic mass is 10.0. The van der Waals surface area contributed by atoms with Gasteiger partial charge in [0.15, 0.2) is 0 Å². The van der Waals surface area contributed by atoms with Gasteiger partial charge in [-0.3, -0.25) is 0 Å². The third-order valence-corrected chi connectivity index (χ3v) is 3.02. The smallest absolute Gasteiger partial charge is 0.0950 e. The van der Waals surface area contributed by atoms with Crippen molar-refractivity contribution in [2.45, 2.75) is 46.3 Å². The normalized spacial score (nSPS) is 13.4. The molecule has 1 aromatic carbocycles. The van der Waals surface area contributed by atoms with E-state index in [-0.39, 0.29) is 11.6 Å². The minimum atomic E-state index is 0.0651. The van der Waals surface area contributed by atoms with Crippen molar-refractivity contribution in [1.82, 2.24) is 5.32 Å². The van der Waals surface area contributed by atoms with Gasteiger partial charge in [-0.05, 0) is 40.2 Å². The van der Waals surface area contributed by atoms with Crippen LogP contribution in [0.3, 0.4) is 0 Å². The Hall–Kier alpha value is -0.900. The van der Waals surface area contributed by atoms with Crippen LogP contribution < -0.4 is 5.32 Å². The molecule has 0 aliphatic heterocycles. The van der Waals surface area contributed by atoms with Crippen LogP contribution in [-0.2, 0) is 9.47 Å². The molecule has 0 aliphatic carbocycles. The van der Waals surface area contributed by atoms with Gasteiger partial charge in [0.25, 0.3) is 0 Å². The minimum Gasteiger partial charge on any atom is -0.379 e. The maximum atomic E-state index is 5.98. The zero-order valence-corrected chi connectivity index (χ0v) is 13.5. The van der Waals surface area contributed by atoms with Crippen molar-refractivity contribution in [1.29, 1.82) is 0 Å². The van der Waals surface area contributed by atoms with Crippen LogP contribution >= 0.6 is 0 Å². The Morgan fingerprint density at radius 1 is 1.10 bits per heavy atom. The molecule has 1 atom stereocenters. The van der Waals surface area contributed by atoms with E-state index in [9.17, 15) is 0 Å². The van der Waals surface area contributed by atoms with Gasteiger partial charge >= 0.3 is 0 Å². The van der Waals surface area contributed by atoms with Crippen molar-refractivity contribution in [3.63, 3.8) is 0 Å². The van der Waals surface area contributed by atoms with Gasteiger partial charge in [-0.15, -0.1) is 0 Å². The lowest BCUT2D eigenvalue weighted by molar-refractivity contribution is 0.00459. The molecule has 0 fully saturated rings. The van der Waals surface area contributed by atoms with Gasteiger partial charge in [0.1, 0.15) is 0 Å². The van der Waals surface area contributed by atoms with Gasteiger partial charge in [0, 0.05) is 18.7 Å². The van der Waals surface area contributed by atoms with E-state index in [1.165, 1.54) is 11.1 Å². The highest BCUT2D eigenvalue weighted by atomic mass is 16.5. The number of nitrogens with one attached hydrogen (secondary N) is 1. The molecule has 1 unspecified atom stereocenters. The summed E-state index contributed by atoms with van der Waals surface area (Å²) < 4.78 is 11.3. The number of hydrogen-bond acceptors (Lipinski definition) is 3. The van der Waals surface area contributed by atoms with Crippen LogP contribution in [0.25, 0.3) is 0 Å². The standard InChI is InChI=1S/C17H29NO2/c1-6-19-11-12-20-16(13-18-17(3,4)5)15-9-7-14(2)8-10-15/h7-10,16,18H,6,11-13H2,1-5H3. The Morgan fingerprint density at radius 3 is 2.30 bits per heavy atom. The highest BCUT2D eigenvalue weighted by Gasteiger charge is 2.16.